The Kier molecular flexibility index (Phi) is 4.73. The van der Waals surface area contributed by atoms with Crippen molar-refractivity contribution < 1.29 is 18.7 Å². The third-order valence-electron chi connectivity index (χ3n) is 4.76. The minimum atomic E-state index is -0.356. The molecule has 1 fully saturated rings. The van der Waals surface area contributed by atoms with Gasteiger partial charge in [0.1, 0.15) is 11.5 Å². The molecule has 0 bridgehead atoms. The number of benzene rings is 2. The van der Waals surface area contributed by atoms with E-state index in [-0.39, 0.29) is 11.7 Å². The Bertz CT molecular complexity index is 1030. The minimum Gasteiger partial charge on any atom is -0.493 e. The number of aromatic nitrogens is 2. The van der Waals surface area contributed by atoms with Crippen molar-refractivity contribution in [1.29, 1.82) is 0 Å². The van der Waals surface area contributed by atoms with Crippen molar-refractivity contribution in [3.8, 4) is 22.8 Å². The lowest BCUT2D eigenvalue weighted by Crippen LogP contribution is -2.13. The first-order valence-electron chi connectivity index (χ1n) is 8.98. The summed E-state index contributed by atoms with van der Waals surface area (Å²) in [6, 6.07) is 11.1. The molecule has 0 radical (unpaired) electrons. The number of carbonyl (C=O) groups is 1. The summed E-state index contributed by atoms with van der Waals surface area (Å²) < 4.78 is 24.2. The predicted octanol–water partition coefficient (Wildman–Crippen LogP) is 4.36. The maximum Gasteiger partial charge on any atom is 0.255 e. The van der Waals surface area contributed by atoms with Gasteiger partial charge in [-0.05, 0) is 43.2 Å². The van der Waals surface area contributed by atoms with Gasteiger partial charge in [0.25, 0.3) is 5.91 Å². The summed E-state index contributed by atoms with van der Waals surface area (Å²) in [5.41, 5.74) is 3.01. The van der Waals surface area contributed by atoms with E-state index in [0.717, 1.165) is 18.5 Å². The molecule has 1 amide bonds. The lowest BCUT2D eigenvalue weighted by atomic mass is 10.1. The summed E-state index contributed by atoms with van der Waals surface area (Å²) in [4.78, 5) is 12.9. The number of nitrogens with zero attached hydrogens (tertiary/aromatic N) is 1. The number of ether oxygens (including phenoxy) is 2. The number of rotatable bonds is 6. The second kappa shape index (κ2) is 7.34. The Morgan fingerprint density at radius 3 is 2.61 bits per heavy atom. The second-order valence-corrected chi connectivity index (χ2v) is 6.67. The number of amides is 1. The average Bonchev–Trinajstić information content (AvgIpc) is 3.47. The first-order valence-corrected chi connectivity index (χ1v) is 8.98. The van der Waals surface area contributed by atoms with Crippen LogP contribution in [0.3, 0.4) is 0 Å². The molecule has 0 aliphatic heterocycles. The number of aromatic amines is 1. The van der Waals surface area contributed by atoms with E-state index in [1.54, 1.807) is 30.3 Å². The number of carbonyl (C=O) groups excluding carboxylic acids is 1. The van der Waals surface area contributed by atoms with E-state index in [2.05, 4.69) is 15.5 Å². The van der Waals surface area contributed by atoms with E-state index >= 15 is 0 Å². The maximum absolute atomic E-state index is 13.7. The van der Waals surface area contributed by atoms with Crippen LogP contribution in [0.2, 0.25) is 0 Å². The van der Waals surface area contributed by atoms with Gasteiger partial charge in [0.15, 0.2) is 11.5 Å². The van der Waals surface area contributed by atoms with Gasteiger partial charge in [-0.25, -0.2) is 4.39 Å². The molecule has 0 unspecified atom stereocenters. The number of halogens is 1. The highest BCUT2D eigenvalue weighted by Crippen LogP contribution is 2.45. The van der Waals surface area contributed by atoms with Crippen molar-refractivity contribution in [2.24, 2.45) is 0 Å². The van der Waals surface area contributed by atoms with Crippen molar-refractivity contribution in [1.82, 2.24) is 10.2 Å². The summed E-state index contributed by atoms with van der Waals surface area (Å²) in [6.07, 6.45) is 2.06. The molecule has 1 aromatic heterocycles. The molecule has 1 saturated carbocycles. The van der Waals surface area contributed by atoms with Gasteiger partial charge in [0.2, 0.25) is 0 Å². The van der Waals surface area contributed by atoms with Crippen molar-refractivity contribution in [2.45, 2.75) is 18.8 Å². The number of hydrogen-bond acceptors (Lipinski definition) is 4. The van der Waals surface area contributed by atoms with E-state index in [0.29, 0.717) is 39.9 Å². The summed E-state index contributed by atoms with van der Waals surface area (Å²) >= 11 is 0. The smallest absolute Gasteiger partial charge is 0.255 e. The lowest BCUT2D eigenvalue weighted by molar-refractivity contribution is 0.102. The minimum absolute atomic E-state index is 0.304. The molecule has 144 valence electrons. The molecule has 2 N–H and O–H groups in total. The first-order chi connectivity index (χ1) is 13.6. The summed E-state index contributed by atoms with van der Waals surface area (Å²) in [5.74, 6) is 0.680. The first kappa shape index (κ1) is 18.0. The Morgan fingerprint density at radius 1 is 1.14 bits per heavy atom. The largest absolute Gasteiger partial charge is 0.493 e. The highest BCUT2D eigenvalue weighted by Gasteiger charge is 2.31. The molecule has 7 heteroatoms. The zero-order valence-corrected chi connectivity index (χ0v) is 15.6. The number of nitrogens with one attached hydrogen (secondary N) is 2. The van der Waals surface area contributed by atoms with E-state index in [9.17, 15) is 9.18 Å². The lowest BCUT2D eigenvalue weighted by Gasteiger charge is -2.11. The van der Waals surface area contributed by atoms with Gasteiger partial charge in [-0.2, -0.15) is 5.10 Å². The van der Waals surface area contributed by atoms with Crippen molar-refractivity contribution in [3.05, 3.63) is 59.5 Å². The highest BCUT2D eigenvalue weighted by molar-refractivity contribution is 6.06. The molecule has 0 spiro atoms. The summed E-state index contributed by atoms with van der Waals surface area (Å²) in [5, 5.41) is 10.3. The van der Waals surface area contributed by atoms with Crippen LogP contribution < -0.4 is 14.8 Å². The maximum atomic E-state index is 13.7. The molecule has 4 rings (SSSR count). The van der Waals surface area contributed by atoms with Crippen LogP contribution >= 0.6 is 0 Å². The zero-order chi connectivity index (χ0) is 19.7. The van der Waals surface area contributed by atoms with Gasteiger partial charge >= 0.3 is 0 Å². The normalized spacial score (nSPS) is 13.2. The van der Waals surface area contributed by atoms with Crippen molar-refractivity contribution in [3.63, 3.8) is 0 Å². The molecular formula is C21H20FN3O3. The molecule has 28 heavy (non-hydrogen) atoms. The number of H-pyrrole nitrogens is 1. The molecule has 1 aliphatic rings. The van der Waals surface area contributed by atoms with Crippen LogP contribution in [0.25, 0.3) is 11.3 Å². The van der Waals surface area contributed by atoms with Gasteiger partial charge in [-0.3, -0.25) is 9.89 Å². The van der Waals surface area contributed by atoms with Gasteiger partial charge < -0.3 is 14.8 Å². The number of hydrogen-bond donors (Lipinski definition) is 2. The van der Waals surface area contributed by atoms with Crippen LogP contribution in [0.4, 0.5) is 10.1 Å². The fraction of sp³-hybridized carbons (Fsp3) is 0.238. The van der Waals surface area contributed by atoms with Crippen LogP contribution in [-0.4, -0.2) is 30.3 Å². The molecule has 2 aromatic carbocycles. The van der Waals surface area contributed by atoms with E-state index in [1.165, 1.54) is 26.4 Å². The average molecular weight is 381 g/mol. The molecule has 1 aliphatic carbocycles. The molecule has 1 heterocycles. The molecule has 0 atom stereocenters. The standard InChI is InChI=1S/C21H20FN3O3/c1-27-16-9-8-14(11-17(16)28-2)21(26)23-20-18(12-6-7-12)24-25-19(20)13-4-3-5-15(22)10-13/h3-5,8-12H,6-7H2,1-2H3,(H,23,26)(H,24,25). The number of anilines is 1. The molecule has 3 aromatic rings. The summed E-state index contributed by atoms with van der Waals surface area (Å²) in [6.45, 7) is 0. The third-order valence-corrected chi connectivity index (χ3v) is 4.76. The molecule has 6 nitrogen and oxygen atoms in total. The van der Waals surface area contributed by atoms with Crippen LogP contribution in [0.15, 0.2) is 42.5 Å². The van der Waals surface area contributed by atoms with Gasteiger partial charge in [0, 0.05) is 17.0 Å². The van der Waals surface area contributed by atoms with Crippen LogP contribution in [-0.2, 0) is 0 Å². The predicted molar refractivity (Wildman–Crippen MR) is 103 cm³/mol. The fourth-order valence-corrected chi connectivity index (χ4v) is 3.16. The third kappa shape index (κ3) is 3.43. The quantitative estimate of drug-likeness (QED) is 0.665. The van der Waals surface area contributed by atoms with Gasteiger partial charge in [-0.15, -0.1) is 0 Å². The van der Waals surface area contributed by atoms with Crippen molar-refractivity contribution >= 4 is 11.6 Å². The fourth-order valence-electron chi connectivity index (χ4n) is 3.16. The second-order valence-electron chi connectivity index (χ2n) is 6.67. The SMILES string of the molecule is COc1ccc(C(=O)Nc2c(-c3cccc(F)c3)n[nH]c2C2CC2)cc1OC. The molecule has 0 saturated heterocycles. The Morgan fingerprint density at radius 2 is 1.93 bits per heavy atom. The highest BCUT2D eigenvalue weighted by atomic mass is 19.1. The number of methoxy groups -OCH3 is 2. The van der Waals surface area contributed by atoms with Crippen LogP contribution in [0.1, 0.15) is 34.8 Å². The van der Waals surface area contributed by atoms with Gasteiger partial charge in [0.05, 0.1) is 25.6 Å². The zero-order valence-electron chi connectivity index (χ0n) is 15.6. The van der Waals surface area contributed by atoms with E-state index in [1.807, 2.05) is 0 Å². The topological polar surface area (TPSA) is 76.2 Å². The monoisotopic (exact) mass is 381 g/mol. The van der Waals surface area contributed by atoms with E-state index in [4.69, 9.17) is 9.47 Å². The Balaban J connectivity index is 1.69. The van der Waals surface area contributed by atoms with E-state index < -0.39 is 0 Å². The summed E-state index contributed by atoms with van der Waals surface area (Å²) in [7, 11) is 3.05. The van der Waals surface area contributed by atoms with Crippen LogP contribution in [0.5, 0.6) is 11.5 Å². The Labute approximate surface area is 161 Å². The Hall–Kier alpha value is -3.35. The van der Waals surface area contributed by atoms with Crippen molar-refractivity contribution in [2.75, 3.05) is 19.5 Å². The van der Waals surface area contributed by atoms with Gasteiger partial charge in [-0.1, -0.05) is 12.1 Å². The molecular weight excluding hydrogens is 361 g/mol. The van der Waals surface area contributed by atoms with Crippen LogP contribution in [0, 0.1) is 5.82 Å².